The van der Waals surface area contributed by atoms with Gasteiger partial charge in [-0.05, 0) is 13.3 Å². The molecular weight excluding hydrogens is 532 g/mol. The Kier molecular flexibility index (Phi) is 8.94. The molecule has 1 aromatic rings. The Morgan fingerprint density at radius 2 is 1.12 bits per heavy atom. The molecular formula is C18H16F15P. The van der Waals surface area contributed by atoms with Gasteiger partial charge < -0.3 is 0 Å². The quantitative estimate of drug-likeness (QED) is 0.0903. The molecule has 0 saturated heterocycles. The molecule has 0 nitrogen and oxygen atoms in total. The van der Waals surface area contributed by atoms with Gasteiger partial charge in [-0.2, -0.15) is 48.3 Å². The molecule has 1 unspecified atom stereocenters. The smallest absolute Gasteiger partial charge is 0.206 e. The second kappa shape index (κ2) is 9.93. The summed E-state index contributed by atoms with van der Waals surface area (Å²) in [6.45, 7) is 1.63. The number of hydrogen-bond acceptors (Lipinski definition) is 0. The third-order valence-corrected chi connectivity index (χ3v) is 7.27. The average Bonchev–Trinajstić information content (AvgIpc) is 2.69. The second-order valence-electron chi connectivity index (χ2n) is 7.23. The van der Waals surface area contributed by atoms with E-state index < -0.39 is 84.2 Å². The van der Waals surface area contributed by atoms with Gasteiger partial charge in [0.1, 0.15) is 5.82 Å². The summed E-state index contributed by atoms with van der Waals surface area (Å²) in [4.78, 5) is 0. The van der Waals surface area contributed by atoms with Crippen LogP contribution in [-0.2, 0) is 0 Å². The number of hydrogen-bond donors (Lipinski definition) is 0. The van der Waals surface area contributed by atoms with Crippen LogP contribution >= 0.6 is 7.92 Å². The number of benzene rings is 1. The lowest BCUT2D eigenvalue weighted by atomic mass is 10.0. The zero-order valence-electron chi connectivity index (χ0n) is 17.2. The normalized spacial score (nSPS) is 15.1. The van der Waals surface area contributed by atoms with Crippen molar-refractivity contribution in [3.05, 3.63) is 28.8 Å². The lowest BCUT2D eigenvalue weighted by Crippen LogP contribution is -2.57. The highest BCUT2D eigenvalue weighted by atomic mass is 31.1. The van der Waals surface area contributed by atoms with Gasteiger partial charge in [0, 0.05) is 12.0 Å². The minimum absolute atomic E-state index is 0.0918. The van der Waals surface area contributed by atoms with Crippen molar-refractivity contribution in [1.29, 1.82) is 0 Å². The first-order valence-electron chi connectivity index (χ1n) is 9.32. The van der Waals surface area contributed by atoms with Crippen LogP contribution in [0.5, 0.6) is 0 Å². The molecule has 0 radical (unpaired) electrons. The van der Waals surface area contributed by atoms with E-state index in [2.05, 4.69) is 0 Å². The van der Waals surface area contributed by atoms with Gasteiger partial charge in [0.25, 0.3) is 0 Å². The molecule has 0 heterocycles. The summed E-state index contributed by atoms with van der Waals surface area (Å²) in [5.41, 5.74) is -16.2. The topological polar surface area (TPSA) is 0 Å². The highest BCUT2D eigenvalue weighted by Gasteiger charge is 2.81. The molecule has 0 N–H and O–H groups in total. The molecule has 0 aromatic heterocycles. The summed E-state index contributed by atoms with van der Waals surface area (Å²) >= 11 is 0. The molecule has 0 bridgehead atoms. The monoisotopic (exact) mass is 548 g/mol. The van der Waals surface area contributed by atoms with Crippen LogP contribution in [-0.4, -0.2) is 29.3 Å². The summed E-state index contributed by atoms with van der Waals surface area (Å²) in [5, 5.41) is -3.29. The van der Waals surface area contributed by atoms with E-state index in [1.807, 2.05) is 0 Å². The minimum Gasteiger partial charge on any atom is -0.206 e. The number of halogens is 15. The Labute approximate surface area is 184 Å². The van der Waals surface area contributed by atoms with E-state index in [0.29, 0.717) is 6.42 Å². The maximum Gasteiger partial charge on any atom is 0.458 e. The minimum atomic E-state index is -7.23. The first-order chi connectivity index (χ1) is 15.1. The van der Waals surface area contributed by atoms with Gasteiger partial charge in [0.2, 0.25) is 0 Å². The Hall–Kier alpha value is -1.40. The second-order valence-corrected chi connectivity index (χ2v) is 9.48. The molecule has 0 saturated carbocycles. The fourth-order valence-electron chi connectivity index (χ4n) is 2.81. The van der Waals surface area contributed by atoms with Gasteiger partial charge in [-0.25, -0.2) is 17.6 Å². The van der Waals surface area contributed by atoms with Crippen molar-refractivity contribution >= 4 is 13.2 Å². The molecule has 0 aliphatic carbocycles. The molecule has 0 amide bonds. The van der Waals surface area contributed by atoms with Crippen LogP contribution in [0.1, 0.15) is 44.6 Å². The van der Waals surface area contributed by atoms with Crippen molar-refractivity contribution in [2.45, 2.75) is 75.3 Å². The molecule has 0 fully saturated rings. The lowest BCUT2D eigenvalue weighted by molar-refractivity contribution is -0.287. The van der Waals surface area contributed by atoms with Gasteiger partial charge in [0.15, 0.2) is 17.5 Å². The summed E-state index contributed by atoms with van der Waals surface area (Å²) in [7, 11) is -6.67. The van der Waals surface area contributed by atoms with E-state index in [9.17, 15) is 65.9 Å². The van der Waals surface area contributed by atoms with Crippen molar-refractivity contribution < 1.29 is 65.9 Å². The fourth-order valence-corrected chi connectivity index (χ4v) is 5.08. The SMILES string of the molecule is CCCCCCC(F)(F)C(F)(F)C(F)(F)P(c1c(F)c(C)c(F)c(F)c1F)C(F)(F)C(F)(F)F. The highest BCUT2D eigenvalue weighted by Crippen LogP contribution is 2.72. The Morgan fingerprint density at radius 3 is 1.56 bits per heavy atom. The van der Waals surface area contributed by atoms with Crippen LogP contribution in [0.25, 0.3) is 0 Å². The summed E-state index contributed by atoms with van der Waals surface area (Å²) < 4.78 is 208. The van der Waals surface area contributed by atoms with Crippen LogP contribution in [0.15, 0.2) is 0 Å². The number of alkyl halides is 11. The highest BCUT2D eigenvalue weighted by molar-refractivity contribution is 7.68. The number of unbranched alkanes of at least 4 members (excludes halogenated alkanes) is 3. The standard InChI is InChI=1S/C18H16F15P/c1-3-4-5-6-7-14(23,24)15(25,26)17(30,31)34(18(32,33)16(27,28)29)13-10(20)8(2)9(19)11(21)12(13)22/h3-7H2,1-2H3. The van der Waals surface area contributed by atoms with Gasteiger partial charge >= 0.3 is 29.3 Å². The van der Waals surface area contributed by atoms with Crippen LogP contribution < -0.4 is 5.30 Å². The molecule has 0 aliphatic rings. The third kappa shape index (κ3) is 5.09. The van der Waals surface area contributed by atoms with Crippen LogP contribution in [0.4, 0.5) is 65.9 Å². The zero-order valence-corrected chi connectivity index (χ0v) is 18.0. The van der Waals surface area contributed by atoms with Crippen molar-refractivity contribution in [3.63, 3.8) is 0 Å². The summed E-state index contributed by atoms with van der Waals surface area (Å²) in [5.74, 6) is -24.9. The molecule has 1 rings (SSSR count). The predicted molar refractivity (Wildman–Crippen MR) is 92.2 cm³/mol. The van der Waals surface area contributed by atoms with Crippen molar-refractivity contribution in [1.82, 2.24) is 0 Å². The maximum atomic E-state index is 14.6. The Morgan fingerprint density at radius 1 is 0.618 bits per heavy atom. The average molecular weight is 548 g/mol. The molecule has 34 heavy (non-hydrogen) atoms. The van der Waals surface area contributed by atoms with E-state index in [-0.39, 0.29) is 19.8 Å². The zero-order chi connectivity index (χ0) is 27.1. The molecule has 16 heteroatoms. The van der Waals surface area contributed by atoms with E-state index in [1.165, 1.54) is 0 Å². The molecule has 198 valence electrons. The Bertz CT molecular complexity index is 846. The van der Waals surface area contributed by atoms with Gasteiger partial charge in [-0.3, -0.25) is 0 Å². The van der Waals surface area contributed by atoms with Crippen molar-refractivity contribution in [2.24, 2.45) is 0 Å². The molecule has 0 spiro atoms. The van der Waals surface area contributed by atoms with E-state index >= 15 is 0 Å². The summed E-state index contributed by atoms with van der Waals surface area (Å²) in [6, 6.07) is 0. The maximum absolute atomic E-state index is 14.6. The Balaban J connectivity index is 3.91. The van der Waals surface area contributed by atoms with Gasteiger partial charge in [0.05, 0.1) is 13.2 Å². The van der Waals surface area contributed by atoms with E-state index in [4.69, 9.17) is 0 Å². The lowest BCUT2D eigenvalue weighted by Gasteiger charge is -2.40. The van der Waals surface area contributed by atoms with Crippen molar-refractivity contribution in [2.75, 3.05) is 0 Å². The van der Waals surface area contributed by atoms with Crippen LogP contribution in [0.2, 0.25) is 0 Å². The van der Waals surface area contributed by atoms with E-state index in [0.717, 1.165) is 0 Å². The van der Waals surface area contributed by atoms with Crippen LogP contribution in [0, 0.1) is 30.2 Å². The predicted octanol–water partition coefficient (Wildman–Crippen LogP) is 8.65. The van der Waals surface area contributed by atoms with Crippen LogP contribution in [0.3, 0.4) is 0 Å². The molecule has 1 atom stereocenters. The largest absolute Gasteiger partial charge is 0.458 e. The number of rotatable bonds is 10. The first kappa shape index (κ1) is 30.6. The fraction of sp³-hybridized carbons (Fsp3) is 0.667. The summed E-state index contributed by atoms with van der Waals surface area (Å²) in [6.07, 6.45) is -9.93. The third-order valence-electron chi connectivity index (χ3n) is 4.77. The van der Waals surface area contributed by atoms with Gasteiger partial charge in [-0.15, -0.1) is 0 Å². The molecule has 0 aliphatic heterocycles. The first-order valence-corrected chi connectivity index (χ1v) is 10.7. The molecule has 1 aromatic carbocycles. The van der Waals surface area contributed by atoms with Gasteiger partial charge in [-0.1, -0.05) is 26.2 Å². The van der Waals surface area contributed by atoms with Crippen molar-refractivity contribution in [3.8, 4) is 0 Å². The van der Waals surface area contributed by atoms with E-state index in [1.54, 1.807) is 6.92 Å².